The van der Waals surface area contributed by atoms with Crippen LogP contribution in [0.4, 0.5) is 11.4 Å². The molecule has 96 valence electrons. The van der Waals surface area contributed by atoms with Gasteiger partial charge in [-0.1, -0.05) is 28.1 Å². The second-order valence-electron chi connectivity index (χ2n) is 4.37. The van der Waals surface area contributed by atoms with Crippen LogP contribution in [0, 0.1) is 11.3 Å². The Hall–Kier alpha value is -2.38. The smallest absolute Gasteiger partial charge is 0.142 e. The Morgan fingerprint density at radius 2 is 1.70 bits per heavy atom. The predicted octanol–water partition coefficient (Wildman–Crippen LogP) is 4.61. The molecule has 0 amide bonds. The van der Waals surface area contributed by atoms with Gasteiger partial charge >= 0.3 is 0 Å². The van der Waals surface area contributed by atoms with Crippen molar-refractivity contribution in [1.29, 1.82) is 5.26 Å². The average Bonchev–Trinajstić information content (AvgIpc) is 2.47. The first kappa shape index (κ1) is 12.6. The molecule has 0 atom stereocenters. The van der Waals surface area contributed by atoms with Gasteiger partial charge in [0.15, 0.2) is 0 Å². The zero-order chi connectivity index (χ0) is 13.9. The van der Waals surface area contributed by atoms with Crippen molar-refractivity contribution in [2.45, 2.75) is 0 Å². The minimum atomic E-state index is 0.403. The van der Waals surface area contributed by atoms with Crippen LogP contribution in [0.3, 0.4) is 0 Å². The van der Waals surface area contributed by atoms with Gasteiger partial charge in [-0.3, -0.25) is 0 Å². The number of pyridine rings is 1. The van der Waals surface area contributed by atoms with Crippen LogP contribution >= 0.6 is 15.9 Å². The number of nitriles is 1. The second-order valence-corrected chi connectivity index (χ2v) is 5.29. The minimum Gasteiger partial charge on any atom is -0.355 e. The number of fused-ring (bicyclic) bond motifs is 1. The second kappa shape index (κ2) is 5.32. The Bertz CT molecular complexity index is 821. The number of nitrogens with one attached hydrogen (secondary N) is 1. The molecule has 0 unspecified atom stereocenters. The summed E-state index contributed by atoms with van der Waals surface area (Å²) in [6, 6.07) is 17.9. The molecular formula is C16H10BrN3. The lowest BCUT2D eigenvalue weighted by Crippen LogP contribution is -1.92. The fourth-order valence-electron chi connectivity index (χ4n) is 2.03. The van der Waals surface area contributed by atoms with E-state index in [9.17, 15) is 0 Å². The lowest BCUT2D eigenvalue weighted by molar-refractivity contribution is 1.26. The van der Waals surface area contributed by atoms with E-state index in [1.54, 1.807) is 12.3 Å². The molecular weight excluding hydrogens is 314 g/mol. The van der Waals surface area contributed by atoms with Gasteiger partial charge in [-0.25, -0.2) is 4.98 Å². The maximum atomic E-state index is 8.85. The van der Waals surface area contributed by atoms with E-state index in [-0.39, 0.29) is 0 Å². The summed E-state index contributed by atoms with van der Waals surface area (Å²) in [5.74, 6) is 0. The molecule has 3 rings (SSSR count). The quantitative estimate of drug-likeness (QED) is 0.749. The first-order valence-electron chi connectivity index (χ1n) is 6.07. The summed E-state index contributed by atoms with van der Waals surface area (Å²) in [6.45, 7) is 0. The lowest BCUT2D eigenvalue weighted by Gasteiger charge is -2.08. The normalized spacial score (nSPS) is 10.2. The van der Waals surface area contributed by atoms with E-state index in [1.165, 1.54) is 5.39 Å². The van der Waals surface area contributed by atoms with Crippen molar-refractivity contribution in [2.24, 2.45) is 0 Å². The number of benzene rings is 2. The number of hydrogen-bond donors (Lipinski definition) is 1. The summed E-state index contributed by atoms with van der Waals surface area (Å²) in [4.78, 5) is 3.95. The van der Waals surface area contributed by atoms with Gasteiger partial charge in [0.1, 0.15) is 11.8 Å². The Morgan fingerprint density at radius 1 is 0.950 bits per heavy atom. The van der Waals surface area contributed by atoms with E-state index in [4.69, 9.17) is 5.26 Å². The SMILES string of the molecule is N#Cc1cc(Nc2ccc3cc(Br)ccc3c2)ccn1. The van der Waals surface area contributed by atoms with Gasteiger partial charge in [-0.05, 0) is 47.2 Å². The highest BCUT2D eigenvalue weighted by atomic mass is 79.9. The summed E-state index contributed by atoms with van der Waals surface area (Å²) < 4.78 is 1.07. The molecule has 1 N–H and O–H groups in total. The molecule has 3 nitrogen and oxygen atoms in total. The van der Waals surface area contributed by atoms with E-state index < -0.39 is 0 Å². The van der Waals surface area contributed by atoms with Crippen LogP contribution in [0.1, 0.15) is 5.69 Å². The van der Waals surface area contributed by atoms with E-state index in [0.717, 1.165) is 21.2 Å². The Kier molecular flexibility index (Phi) is 3.36. The summed E-state index contributed by atoms with van der Waals surface area (Å²) >= 11 is 3.47. The summed E-state index contributed by atoms with van der Waals surface area (Å²) in [5.41, 5.74) is 2.24. The molecule has 0 bridgehead atoms. The molecule has 0 saturated heterocycles. The van der Waals surface area contributed by atoms with Gasteiger partial charge in [0.25, 0.3) is 0 Å². The van der Waals surface area contributed by atoms with Gasteiger partial charge in [0, 0.05) is 22.0 Å². The Labute approximate surface area is 125 Å². The molecule has 0 aliphatic carbocycles. The van der Waals surface area contributed by atoms with Crippen LogP contribution in [-0.2, 0) is 0 Å². The first-order valence-corrected chi connectivity index (χ1v) is 6.86. The highest BCUT2D eigenvalue weighted by Crippen LogP contribution is 2.25. The van der Waals surface area contributed by atoms with Crippen molar-refractivity contribution in [3.8, 4) is 6.07 Å². The molecule has 2 aromatic carbocycles. The molecule has 0 aliphatic heterocycles. The van der Waals surface area contributed by atoms with Gasteiger partial charge < -0.3 is 5.32 Å². The topological polar surface area (TPSA) is 48.7 Å². The summed E-state index contributed by atoms with van der Waals surface area (Å²) in [7, 11) is 0. The Balaban J connectivity index is 1.94. The molecule has 4 heteroatoms. The van der Waals surface area contributed by atoms with Crippen molar-refractivity contribution in [3.05, 3.63) is 64.9 Å². The standard InChI is InChI=1S/C16H10BrN3/c17-13-3-1-12-8-14(4-2-11(12)7-13)20-15-5-6-19-16(9-15)10-18/h1-9H,(H,19,20). The largest absolute Gasteiger partial charge is 0.355 e. The molecule has 20 heavy (non-hydrogen) atoms. The van der Waals surface area contributed by atoms with Crippen molar-refractivity contribution in [2.75, 3.05) is 5.32 Å². The number of rotatable bonds is 2. The zero-order valence-electron chi connectivity index (χ0n) is 10.5. The molecule has 0 spiro atoms. The monoisotopic (exact) mass is 323 g/mol. The molecule has 0 aliphatic rings. The van der Waals surface area contributed by atoms with Crippen molar-refractivity contribution in [3.63, 3.8) is 0 Å². The van der Waals surface area contributed by atoms with Crippen molar-refractivity contribution >= 4 is 38.1 Å². The number of anilines is 2. The van der Waals surface area contributed by atoms with Crippen LogP contribution in [0.15, 0.2) is 59.2 Å². The summed E-state index contributed by atoms with van der Waals surface area (Å²) in [6.07, 6.45) is 1.62. The van der Waals surface area contributed by atoms with E-state index in [2.05, 4.69) is 50.5 Å². The minimum absolute atomic E-state index is 0.403. The predicted molar refractivity (Wildman–Crippen MR) is 83.9 cm³/mol. The number of aromatic nitrogens is 1. The van der Waals surface area contributed by atoms with E-state index in [1.807, 2.05) is 24.3 Å². The van der Waals surface area contributed by atoms with Crippen molar-refractivity contribution < 1.29 is 0 Å². The third-order valence-electron chi connectivity index (χ3n) is 2.97. The van der Waals surface area contributed by atoms with Crippen LogP contribution < -0.4 is 5.32 Å². The lowest BCUT2D eigenvalue weighted by atomic mass is 10.1. The van der Waals surface area contributed by atoms with Gasteiger partial charge in [0.2, 0.25) is 0 Å². The van der Waals surface area contributed by atoms with Crippen molar-refractivity contribution in [1.82, 2.24) is 4.98 Å². The maximum absolute atomic E-state index is 8.85. The van der Waals surface area contributed by atoms with E-state index in [0.29, 0.717) is 5.69 Å². The molecule has 1 heterocycles. The number of halogens is 1. The molecule has 3 aromatic rings. The molecule has 1 aromatic heterocycles. The molecule has 0 radical (unpaired) electrons. The third kappa shape index (κ3) is 2.63. The van der Waals surface area contributed by atoms with Gasteiger partial charge in [-0.15, -0.1) is 0 Å². The number of nitrogens with zero attached hydrogens (tertiary/aromatic N) is 2. The van der Waals surface area contributed by atoms with Crippen LogP contribution in [0.2, 0.25) is 0 Å². The van der Waals surface area contributed by atoms with E-state index >= 15 is 0 Å². The fraction of sp³-hybridized carbons (Fsp3) is 0. The fourth-order valence-corrected chi connectivity index (χ4v) is 2.41. The Morgan fingerprint density at radius 3 is 2.55 bits per heavy atom. The highest BCUT2D eigenvalue weighted by Gasteiger charge is 2.00. The third-order valence-corrected chi connectivity index (χ3v) is 3.46. The molecule has 0 saturated carbocycles. The van der Waals surface area contributed by atoms with Gasteiger partial charge in [-0.2, -0.15) is 5.26 Å². The molecule has 0 fully saturated rings. The maximum Gasteiger partial charge on any atom is 0.142 e. The van der Waals surface area contributed by atoms with Crippen LogP contribution in [0.5, 0.6) is 0 Å². The zero-order valence-corrected chi connectivity index (χ0v) is 12.1. The first-order chi connectivity index (χ1) is 9.74. The highest BCUT2D eigenvalue weighted by molar-refractivity contribution is 9.10. The summed E-state index contributed by atoms with van der Waals surface area (Å²) in [5, 5.41) is 14.5. The average molecular weight is 324 g/mol. The number of hydrogen-bond acceptors (Lipinski definition) is 3. The van der Waals surface area contributed by atoms with Crippen LogP contribution in [-0.4, -0.2) is 4.98 Å². The van der Waals surface area contributed by atoms with Gasteiger partial charge in [0.05, 0.1) is 0 Å². The van der Waals surface area contributed by atoms with Crippen LogP contribution in [0.25, 0.3) is 10.8 Å².